The van der Waals surface area contributed by atoms with E-state index in [9.17, 15) is 18.0 Å². The lowest BCUT2D eigenvalue weighted by Gasteiger charge is -2.28. The van der Waals surface area contributed by atoms with Gasteiger partial charge in [0.2, 0.25) is 0 Å². The lowest BCUT2D eigenvalue weighted by molar-refractivity contribution is -0.137. The molecule has 1 aliphatic heterocycles. The van der Waals surface area contributed by atoms with E-state index in [1.165, 1.54) is 12.1 Å². The van der Waals surface area contributed by atoms with E-state index in [4.69, 9.17) is 9.47 Å². The second-order valence-corrected chi connectivity index (χ2v) is 7.56. The molecule has 32 heavy (non-hydrogen) atoms. The summed E-state index contributed by atoms with van der Waals surface area (Å²) >= 11 is 0. The van der Waals surface area contributed by atoms with Crippen LogP contribution in [0.15, 0.2) is 47.3 Å². The Morgan fingerprint density at radius 3 is 2.44 bits per heavy atom. The average Bonchev–Trinajstić information content (AvgIpc) is 2.78. The van der Waals surface area contributed by atoms with Crippen LogP contribution in [0, 0.1) is 0 Å². The van der Waals surface area contributed by atoms with Crippen LogP contribution in [-0.4, -0.2) is 35.6 Å². The fraction of sp³-hybridized carbons (Fsp3) is 0.304. The van der Waals surface area contributed by atoms with Crippen LogP contribution >= 0.6 is 0 Å². The summed E-state index contributed by atoms with van der Waals surface area (Å²) in [6, 6.07) is 10.3. The van der Waals surface area contributed by atoms with Crippen molar-refractivity contribution in [3.63, 3.8) is 0 Å². The van der Waals surface area contributed by atoms with Crippen LogP contribution in [0.2, 0.25) is 0 Å². The maximum atomic E-state index is 12.8. The first-order chi connectivity index (χ1) is 15.3. The average molecular weight is 445 g/mol. The highest BCUT2D eigenvalue weighted by molar-refractivity contribution is 5.56. The maximum absolute atomic E-state index is 12.8. The Morgan fingerprint density at radius 1 is 1.06 bits per heavy atom. The van der Waals surface area contributed by atoms with Crippen molar-refractivity contribution in [2.45, 2.75) is 25.7 Å². The first kappa shape index (κ1) is 21.9. The zero-order valence-corrected chi connectivity index (χ0v) is 17.6. The van der Waals surface area contributed by atoms with Crippen molar-refractivity contribution in [2.24, 2.45) is 0 Å². The Hall–Kier alpha value is -3.33. The summed E-state index contributed by atoms with van der Waals surface area (Å²) in [4.78, 5) is 22.0. The smallest absolute Gasteiger partial charge is 0.416 e. The number of fused-ring (bicyclic) bond motifs is 1. The third-order valence-electron chi connectivity index (χ3n) is 5.49. The predicted molar refractivity (Wildman–Crippen MR) is 113 cm³/mol. The highest BCUT2D eigenvalue weighted by atomic mass is 19.4. The molecule has 0 fully saturated rings. The molecule has 1 aliphatic rings. The van der Waals surface area contributed by atoms with Crippen LogP contribution in [0.5, 0.6) is 11.5 Å². The van der Waals surface area contributed by atoms with Gasteiger partial charge in [-0.1, -0.05) is 18.2 Å². The number of aromatic nitrogens is 2. The molecule has 0 spiro atoms. The Labute approximate surface area is 182 Å². The molecule has 1 N–H and O–H groups in total. The van der Waals surface area contributed by atoms with E-state index in [1.807, 2.05) is 18.2 Å². The first-order valence-electron chi connectivity index (χ1n) is 10.0. The molecule has 1 aromatic heterocycles. The molecule has 0 radical (unpaired) electrons. The normalized spacial score (nSPS) is 14.2. The summed E-state index contributed by atoms with van der Waals surface area (Å²) in [5, 5.41) is 0. The van der Waals surface area contributed by atoms with Gasteiger partial charge in [-0.15, -0.1) is 0 Å². The summed E-state index contributed by atoms with van der Waals surface area (Å²) < 4.78 is 49.1. The topological polar surface area (TPSA) is 67.5 Å². The van der Waals surface area contributed by atoms with Gasteiger partial charge in [-0.05, 0) is 36.2 Å². The number of benzene rings is 2. The highest BCUT2D eigenvalue weighted by Gasteiger charge is 2.30. The van der Waals surface area contributed by atoms with Gasteiger partial charge in [0.05, 0.1) is 25.5 Å². The molecule has 0 saturated carbocycles. The van der Waals surface area contributed by atoms with E-state index < -0.39 is 11.7 Å². The molecule has 0 saturated heterocycles. The number of halogens is 3. The second kappa shape index (κ2) is 8.66. The summed E-state index contributed by atoms with van der Waals surface area (Å²) in [6.45, 7) is 1.77. The van der Waals surface area contributed by atoms with Crippen molar-refractivity contribution >= 4 is 0 Å². The number of hydrogen-bond donors (Lipinski definition) is 1. The molecule has 0 atom stereocenters. The van der Waals surface area contributed by atoms with Crippen LogP contribution < -0.4 is 15.0 Å². The van der Waals surface area contributed by atoms with Crippen LogP contribution in [-0.2, 0) is 25.7 Å². The van der Waals surface area contributed by atoms with Crippen molar-refractivity contribution in [1.82, 2.24) is 14.9 Å². The van der Waals surface area contributed by atoms with E-state index in [0.29, 0.717) is 54.4 Å². The van der Waals surface area contributed by atoms with Gasteiger partial charge in [0.15, 0.2) is 11.5 Å². The molecule has 0 aliphatic carbocycles. The van der Waals surface area contributed by atoms with Crippen molar-refractivity contribution in [3.8, 4) is 22.9 Å². The van der Waals surface area contributed by atoms with Gasteiger partial charge in [0.25, 0.3) is 5.56 Å². The molecular weight excluding hydrogens is 423 g/mol. The van der Waals surface area contributed by atoms with Crippen molar-refractivity contribution in [2.75, 3.05) is 20.8 Å². The van der Waals surface area contributed by atoms with Crippen molar-refractivity contribution < 1.29 is 22.6 Å². The minimum Gasteiger partial charge on any atom is -0.493 e. The summed E-state index contributed by atoms with van der Waals surface area (Å²) in [5.41, 5.74) is 1.70. The van der Waals surface area contributed by atoms with Crippen molar-refractivity contribution in [3.05, 3.63) is 75.2 Å². The van der Waals surface area contributed by atoms with Gasteiger partial charge in [0, 0.05) is 30.8 Å². The second-order valence-electron chi connectivity index (χ2n) is 7.56. The zero-order chi connectivity index (χ0) is 22.9. The largest absolute Gasteiger partial charge is 0.493 e. The van der Waals surface area contributed by atoms with E-state index in [1.54, 1.807) is 14.2 Å². The predicted octanol–water partition coefficient (Wildman–Crippen LogP) is 4.03. The van der Waals surface area contributed by atoms with Crippen LogP contribution in [0.4, 0.5) is 13.2 Å². The zero-order valence-electron chi connectivity index (χ0n) is 17.6. The summed E-state index contributed by atoms with van der Waals surface area (Å²) in [6.07, 6.45) is -3.88. The Bertz CT molecular complexity index is 1170. The standard InChI is InChI=1S/C23H22F3N3O3/c1-31-19-8-3-14(11-20(19)32-2)12-29-10-9-17-18(13-29)27-21(28-22(17)30)15-4-6-16(7-5-15)23(24,25)26/h3-8,11H,9-10,12-13H2,1-2H3,(H,27,28,30). The van der Waals surface area contributed by atoms with Gasteiger partial charge in [-0.25, -0.2) is 4.98 Å². The number of hydrogen-bond acceptors (Lipinski definition) is 5. The third kappa shape index (κ3) is 4.47. The number of nitrogens with one attached hydrogen (secondary N) is 1. The van der Waals surface area contributed by atoms with Crippen LogP contribution in [0.1, 0.15) is 22.4 Å². The van der Waals surface area contributed by atoms with Crippen LogP contribution in [0.3, 0.4) is 0 Å². The molecule has 0 bridgehead atoms. The number of aromatic amines is 1. The fourth-order valence-corrected chi connectivity index (χ4v) is 3.82. The number of nitrogens with zero attached hydrogens (tertiary/aromatic N) is 2. The lowest BCUT2D eigenvalue weighted by Crippen LogP contribution is -2.35. The summed E-state index contributed by atoms with van der Waals surface area (Å²) in [7, 11) is 3.16. The molecule has 3 aromatic rings. The van der Waals surface area contributed by atoms with Gasteiger partial charge < -0.3 is 14.5 Å². The highest BCUT2D eigenvalue weighted by Crippen LogP contribution is 2.31. The molecule has 9 heteroatoms. The third-order valence-corrected chi connectivity index (χ3v) is 5.49. The molecule has 0 amide bonds. The fourth-order valence-electron chi connectivity index (χ4n) is 3.82. The van der Waals surface area contributed by atoms with Gasteiger partial charge in [-0.2, -0.15) is 13.2 Å². The Kier molecular flexibility index (Phi) is 5.92. The Balaban J connectivity index is 1.57. The monoisotopic (exact) mass is 445 g/mol. The SMILES string of the molecule is COc1ccc(CN2CCc3c(nc(-c4ccc(C(F)(F)F)cc4)[nH]c3=O)C2)cc1OC. The maximum Gasteiger partial charge on any atom is 0.416 e. The first-order valence-corrected chi connectivity index (χ1v) is 10.0. The lowest BCUT2D eigenvalue weighted by atomic mass is 10.0. The summed E-state index contributed by atoms with van der Waals surface area (Å²) in [5.74, 6) is 1.55. The number of alkyl halides is 3. The van der Waals surface area contributed by atoms with E-state index in [-0.39, 0.29) is 11.4 Å². The quantitative estimate of drug-likeness (QED) is 0.642. The van der Waals surface area contributed by atoms with E-state index >= 15 is 0 Å². The molecular formula is C23H22F3N3O3. The minimum absolute atomic E-state index is 0.254. The Morgan fingerprint density at radius 2 is 1.78 bits per heavy atom. The molecule has 6 nitrogen and oxygen atoms in total. The number of ether oxygens (including phenoxy) is 2. The number of H-pyrrole nitrogens is 1. The number of rotatable bonds is 5. The van der Waals surface area contributed by atoms with E-state index in [2.05, 4.69) is 14.9 Å². The van der Waals surface area contributed by atoms with Gasteiger partial charge in [0.1, 0.15) is 5.82 Å². The van der Waals surface area contributed by atoms with Crippen LogP contribution in [0.25, 0.3) is 11.4 Å². The van der Waals surface area contributed by atoms with Gasteiger partial charge in [-0.3, -0.25) is 9.69 Å². The number of methoxy groups -OCH3 is 2. The van der Waals surface area contributed by atoms with Crippen molar-refractivity contribution in [1.29, 1.82) is 0 Å². The molecule has 168 valence electrons. The molecule has 0 unspecified atom stereocenters. The minimum atomic E-state index is -4.42. The van der Waals surface area contributed by atoms with E-state index in [0.717, 1.165) is 17.7 Å². The molecule has 2 aromatic carbocycles. The molecule has 2 heterocycles. The molecule has 4 rings (SSSR count). The van der Waals surface area contributed by atoms with Gasteiger partial charge >= 0.3 is 6.18 Å².